The number of aromatic nitrogens is 1. The van der Waals surface area contributed by atoms with Crippen LogP contribution in [0.5, 0.6) is 0 Å². The molecule has 5 nitrogen and oxygen atoms in total. The number of amides is 2. The molecule has 2 aliphatic rings. The molecule has 1 aromatic heterocycles. The molecule has 0 aliphatic heterocycles. The van der Waals surface area contributed by atoms with Crippen molar-refractivity contribution in [1.29, 1.82) is 0 Å². The van der Waals surface area contributed by atoms with E-state index in [9.17, 15) is 9.59 Å². The molecule has 0 radical (unpaired) electrons. The zero-order valence-corrected chi connectivity index (χ0v) is 16.2. The summed E-state index contributed by atoms with van der Waals surface area (Å²) in [5.74, 6) is -0.542. The normalized spacial score (nSPS) is 24.9. The molecule has 0 saturated heterocycles. The summed E-state index contributed by atoms with van der Waals surface area (Å²) in [6.07, 6.45) is 6.77. The molecule has 28 heavy (non-hydrogen) atoms. The fraction of sp³-hybridized carbons (Fsp3) is 0.348. The Hall–Kier alpha value is -2.95. The van der Waals surface area contributed by atoms with E-state index in [0.29, 0.717) is 6.54 Å². The van der Waals surface area contributed by atoms with Crippen molar-refractivity contribution in [2.45, 2.75) is 26.8 Å². The van der Waals surface area contributed by atoms with Crippen molar-refractivity contribution >= 4 is 17.5 Å². The lowest BCUT2D eigenvalue weighted by molar-refractivity contribution is -0.133. The number of carbonyl (C=O) groups is 2. The van der Waals surface area contributed by atoms with Crippen LogP contribution in [-0.2, 0) is 16.1 Å². The third-order valence-corrected chi connectivity index (χ3v) is 5.96. The van der Waals surface area contributed by atoms with Gasteiger partial charge in [0.05, 0.1) is 24.1 Å². The van der Waals surface area contributed by atoms with Gasteiger partial charge in [0.15, 0.2) is 0 Å². The number of nitrogens with one attached hydrogen (secondary N) is 2. The van der Waals surface area contributed by atoms with Gasteiger partial charge in [-0.15, -0.1) is 0 Å². The van der Waals surface area contributed by atoms with Crippen LogP contribution in [0.4, 0.5) is 5.69 Å². The highest BCUT2D eigenvalue weighted by Gasteiger charge is 2.51. The molecule has 1 heterocycles. The zero-order valence-electron chi connectivity index (χ0n) is 16.2. The van der Waals surface area contributed by atoms with Crippen molar-refractivity contribution in [2.24, 2.45) is 23.7 Å². The van der Waals surface area contributed by atoms with Gasteiger partial charge in [0.25, 0.3) is 0 Å². The number of para-hydroxylation sites is 1. The lowest BCUT2D eigenvalue weighted by Crippen LogP contribution is -2.42. The molecule has 2 N–H and O–H groups in total. The molecular weight excluding hydrogens is 350 g/mol. The number of benzene rings is 1. The van der Waals surface area contributed by atoms with Crippen molar-refractivity contribution in [2.75, 3.05) is 5.32 Å². The van der Waals surface area contributed by atoms with Gasteiger partial charge in [-0.05, 0) is 55.4 Å². The summed E-state index contributed by atoms with van der Waals surface area (Å²) in [5, 5.41) is 6.08. The Bertz CT molecular complexity index is 902. The Morgan fingerprint density at radius 1 is 0.964 bits per heavy atom. The Morgan fingerprint density at radius 2 is 1.64 bits per heavy atom. The first-order chi connectivity index (χ1) is 13.5. The second-order valence-electron chi connectivity index (χ2n) is 7.79. The summed E-state index contributed by atoms with van der Waals surface area (Å²) in [5.41, 5.74) is 3.73. The summed E-state index contributed by atoms with van der Waals surface area (Å²) < 4.78 is 0. The Morgan fingerprint density at radius 3 is 2.29 bits per heavy atom. The van der Waals surface area contributed by atoms with E-state index in [0.717, 1.165) is 28.9 Å². The lowest BCUT2D eigenvalue weighted by atomic mass is 9.81. The van der Waals surface area contributed by atoms with E-state index in [1.165, 1.54) is 0 Å². The van der Waals surface area contributed by atoms with Crippen molar-refractivity contribution < 1.29 is 9.59 Å². The highest BCUT2D eigenvalue weighted by Crippen LogP contribution is 2.48. The molecule has 5 heteroatoms. The van der Waals surface area contributed by atoms with Crippen LogP contribution in [0.15, 0.2) is 54.7 Å². The van der Waals surface area contributed by atoms with E-state index < -0.39 is 0 Å². The molecule has 2 aliphatic carbocycles. The maximum absolute atomic E-state index is 13.2. The third-order valence-electron chi connectivity index (χ3n) is 5.96. The van der Waals surface area contributed by atoms with Crippen LogP contribution < -0.4 is 10.6 Å². The fourth-order valence-corrected chi connectivity index (χ4v) is 4.55. The smallest absolute Gasteiger partial charge is 0.228 e. The summed E-state index contributed by atoms with van der Waals surface area (Å²) >= 11 is 0. The number of carbonyl (C=O) groups excluding carboxylic acids is 2. The van der Waals surface area contributed by atoms with Gasteiger partial charge in [-0.25, -0.2) is 0 Å². The van der Waals surface area contributed by atoms with Crippen molar-refractivity contribution in [3.05, 3.63) is 71.6 Å². The molecule has 144 valence electrons. The van der Waals surface area contributed by atoms with E-state index in [-0.39, 0.29) is 35.5 Å². The molecule has 4 atom stereocenters. The fourth-order valence-electron chi connectivity index (χ4n) is 4.55. The second-order valence-corrected chi connectivity index (χ2v) is 7.79. The van der Waals surface area contributed by atoms with Crippen LogP contribution >= 0.6 is 0 Å². The van der Waals surface area contributed by atoms with Crippen molar-refractivity contribution in [3.63, 3.8) is 0 Å². The Kier molecular flexibility index (Phi) is 4.99. The highest BCUT2D eigenvalue weighted by molar-refractivity contribution is 5.98. The monoisotopic (exact) mass is 375 g/mol. The number of pyridine rings is 1. The van der Waals surface area contributed by atoms with E-state index in [2.05, 4.69) is 27.8 Å². The SMILES string of the molecule is Cc1cccc(C)c1NC(=O)[C@H]1[C@@H](C(=O)NCc2ccccn2)[C@H]2C=C[C@@H]1C2. The molecule has 1 fully saturated rings. The highest BCUT2D eigenvalue weighted by atomic mass is 16.2. The number of hydrogen-bond donors (Lipinski definition) is 2. The van der Waals surface area contributed by atoms with Crippen molar-refractivity contribution in [1.82, 2.24) is 10.3 Å². The van der Waals surface area contributed by atoms with Gasteiger partial charge in [0.2, 0.25) is 11.8 Å². The third kappa shape index (κ3) is 3.44. The summed E-state index contributed by atoms with van der Waals surface area (Å²) in [6, 6.07) is 11.6. The predicted octanol–water partition coefficient (Wildman–Crippen LogP) is 3.39. The summed E-state index contributed by atoms with van der Waals surface area (Å²) in [4.78, 5) is 30.4. The molecule has 0 unspecified atom stereocenters. The number of hydrogen-bond acceptors (Lipinski definition) is 3. The van der Waals surface area contributed by atoms with E-state index >= 15 is 0 Å². The lowest BCUT2D eigenvalue weighted by Gasteiger charge is -2.27. The standard InChI is InChI=1S/C23H25N3O2/c1-14-6-5-7-15(2)21(14)26-23(28)20-17-10-9-16(12-17)19(20)22(27)25-13-18-8-3-4-11-24-18/h3-11,16-17,19-20H,12-13H2,1-2H3,(H,25,27)(H,26,28)/t16-,17+,19-,20+/m0/s1. The van der Waals surface area contributed by atoms with Gasteiger partial charge in [0, 0.05) is 11.9 Å². The topological polar surface area (TPSA) is 71.1 Å². The number of nitrogens with zero attached hydrogens (tertiary/aromatic N) is 1. The molecule has 0 spiro atoms. The Balaban J connectivity index is 1.49. The zero-order chi connectivity index (χ0) is 19.7. The number of fused-ring (bicyclic) bond motifs is 2. The number of allylic oxidation sites excluding steroid dienone is 2. The van der Waals surface area contributed by atoms with Gasteiger partial charge >= 0.3 is 0 Å². The molecule has 1 saturated carbocycles. The first-order valence-corrected chi connectivity index (χ1v) is 9.77. The average molecular weight is 375 g/mol. The average Bonchev–Trinajstić information content (AvgIpc) is 3.31. The first kappa shape index (κ1) is 18.4. The quantitative estimate of drug-likeness (QED) is 0.787. The maximum atomic E-state index is 13.2. The van der Waals surface area contributed by atoms with Gasteiger partial charge in [-0.3, -0.25) is 14.6 Å². The maximum Gasteiger partial charge on any atom is 0.228 e. The second kappa shape index (κ2) is 7.58. The number of rotatable bonds is 5. The van der Waals surface area contributed by atoms with E-state index in [4.69, 9.17) is 0 Å². The minimum absolute atomic E-state index is 0.0627. The first-order valence-electron chi connectivity index (χ1n) is 9.77. The van der Waals surface area contributed by atoms with Crippen LogP contribution in [0.3, 0.4) is 0 Å². The molecular formula is C23H25N3O2. The predicted molar refractivity (Wildman–Crippen MR) is 108 cm³/mol. The van der Waals surface area contributed by atoms with Crippen LogP contribution in [0.2, 0.25) is 0 Å². The van der Waals surface area contributed by atoms with Crippen LogP contribution in [0.1, 0.15) is 23.2 Å². The minimum atomic E-state index is -0.335. The molecule has 2 amide bonds. The summed E-state index contributed by atoms with van der Waals surface area (Å²) in [7, 11) is 0. The molecule has 1 aromatic carbocycles. The number of anilines is 1. The van der Waals surface area contributed by atoms with Crippen LogP contribution in [0, 0.1) is 37.5 Å². The van der Waals surface area contributed by atoms with E-state index in [1.807, 2.05) is 50.2 Å². The number of aryl methyl sites for hydroxylation is 2. The summed E-state index contributed by atoms with van der Waals surface area (Å²) in [6.45, 7) is 4.35. The minimum Gasteiger partial charge on any atom is -0.350 e. The van der Waals surface area contributed by atoms with Gasteiger partial charge < -0.3 is 10.6 Å². The molecule has 4 rings (SSSR count). The Labute approximate surface area is 165 Å². The van der Waals surface area contributed by atoms with E-state index in [1.54, 1.807) is 6.20 Å². The van der Waals surface area contributed by atoms with Crippen molar-refractivity contribution in [3.8, 4) is 0 Å². The van der Waals surface area contributed by atoms with Gasteiger partial charge in [-0.2, -0.15) is 0 Å². The van der Waals surface area contributed by atoms with Gasteiger partial charge in [0.1, 0.15) is 0 Å². The van der Waals surface area contributed by atoms with Crippen LogP contribution in [0.25, 0.3) is 0 Å². The van der Waals surface area contributed by atoms with Crippen LogP contribution in [-0.4, -0.2) is 16.8 Å². The molecule has 2 bridgehead atoms. The molecule has 2 aromatic rings. The van der Waals surface area contributed by atoms with Gasteiger partial charge in [-0.1, -0.05) is 36.4 Å². The largest absolute Gasteiger partial charge is 0.350 e.